The molecule has 4 nitrogen and oxygen atoms in total. The van der Waals surface area contributed by atoms with Gasteiger partial charge in [-0.2, -0.15) is 0 Å². The highest BCUT2D eigenvalue weighted by atomic mass is 16.3. The summed E-state index contributed by atoms with van der Waals surface area (Å²) in [7, 11) is 0. The predicted molar refractivity (Wildman–Crippen MR) is 110 cm³/mol. The molecular formula is C23H37NO3. The summed E-state index contributed by atoms with van der Waals surface area (Å²) in [6.45, 7) is 6.91. The fraction of sp³-hybridized carbons (Fsp3) is 0.696. The smallest absolute Gasteiger partial charge is 0.255 e. The topological polar surface area (TPSA) is 60.8 Å². The van der Waals surface area contributed by atoms with Gasteiger partial charge in [-0.1, -0.05) is 77.5 Å². The van der Waals surface area contributed by atoms with Crippen molar-refractivity contribution in [3.05, 3.63) is 35.4 Å². The Bertz CT molecular complexity index is 587. The lowest BCUT2D eigenvalue weighted by Crippen LogP contribution is -2.59. The van der Waals surface area contributed by atoms with Crippen molar-refractivity contribution in [3.8, 4) is 0 Å². The summed E-state index contributed by atoms with van der Waals surface area (Å²) >= 11 is 0. The third kappa shape index (κ3) is 4.22. The number of unbranched alkanes of at least 4 members (excludes halogenated alkanes) is 4. The van der Waals surface area contributed by atoms with E-state index in [2.05, 4.69) is 20.8 Å². The standard InChI is InChI=1S/C23H37NO3/c1-4-7-12-17-24-22(27)18-13-10-11-14-19(18)23(24,20(25)15-8-5-2)21(26)16-9-6-3/h10-11,13-14,20-21,25-26H,4-9,12,15-17H2,1-3H3. The Morgan fingerprint density at radius 1 is 0.889 bits per heavy atom. The van der Waals surface area contributed by atoms with Crippen molar-refractivity contribution < 1.29 is 15.0 Å². The van der Waals surface area contributed by atoms with Crippen LogP contribution in [0.3, 0.4) is 0 Å². The van der Waals surface area contributed by atoms with E-state index in [9.17, 15) is 15.0 Å². The molecule has 0 saturated carbocycles. The second-order valence-electron chi connectivity index (χ2n) is 7.85. The maximum absolute atomic E-state index is 13.3. The van der Waals surface area contributed by atoms with Crippen molar-refractivity contribution in [3.63, 3.8) is 0 Å². The molecule has 0 radical (unpaired) electrons. The van der Waals surface area contributed by atoms with Crippen molar-refractivity contribution in [1.82, 2.24) is 4.90 Å². The monoisotopic (exact) mass is 375 g/mol. The van der Waals surface area contributed by atoms with Gasteiger partial charge in [-0.05, 0) is 30.9 Å². The van der Waals surface area contributed by atoms with E-state index in [4.69, 9.17) is 0 Å². The van der Waals surface area contributed by atoms with Gasteiger partial charge in [-0.3, -0.25) is 4.79 Å². The molecule has 1 amide bonds. The van der Waals surface area contributed by atoms with Crippen molar-refractivity contribution in [1.29, 1.82) is 0 Å². The summed E-state index contributed by atoms with van der Waals surface area (Å²) < 4.78 is 0. The number of fused-ring (bicyclic) bond motifs is 1. The molecule has 0 spiro atoms. The van der Waals surface area contributed by atoms with Crippen LogP contribution in [0, 0.1) is 0 Å². The first-order chi connectivity index (χ1) is 13.0. The minimum atomic E-state index is -1.02. The van der Waals surface area contributed by atoms with Crippen LogP contribution in [0.25, 0.3) is 0 Å². The van der Waals surface area contributed by atoms with E-state index in [1.807, 2.05) is 24.3 Å². The lowest BCUT2D eigenvalue weighted by Gasteiger charge is -2.46. The largest absolute Gasteiger partial charge is 0.390 e. The molecule has 2 atom stereocenters. The first kappa shape index (κ1) is 21.9. The Labute approximate surface area is 164 Å². The maximum Gasteiger partial charge on any atom is 0.255 e. The summed E-state index contributed by atoms with van der Waals surface area (Å²) in [5, 5.41) is 22.7. The van der Waals surface area contributed by atoms with E-state index in [0.717, 1.165) is 50.5 Å². The van der Waals surface area contributed by atoms with Crippen LogP contribution in [0.1, 0.15) is 94.5 Å². The first-order valence-corrected chi connectivity index (χ1v) is 10.8. The number of benzene rings is 1. The van der Waals surface area contributed by atoms with E-state index in [0.29, 0.717) is 24.9 Å². The lowest BCUT2D eigenvalue weighted by molar-refractivity contribution is -0.0964. The van der Waals surface area contributed by atoms with Gasteiger partial charge in [0.15, 0.2) is 0 Å². The van der Waals surface area contributed by atoms with Gasteiger partial charge >= 0.3 is 0 Å². The van der Waals surface area contributed by atoms with Gasteiger partial charge in [-0.15, -0.1) is 0 Å². The van der Waals surface area contributed by atoms with Crippen molar-refractivity contribution in [2.24, 2.45) is 0 Å². The molecule has 1 aliphatic rings. The number of hydrogen-bond acceptors (Lipinski definition) is 3. The molecule has 152 valence electrons. The molecule has 0 aromatic heterocycles. The fourth-order valence-electron chi connectivity index (χ4n) is 4.46. The molecule has 1 aromatic rings. The summed E-state index contributed by atoms with van der Waals surface area (Å²) in [6.07, 6.45) is 6.34. The first-order valence-electron chi connectivity index (χ1n) is 10.8. The van der Waals surface area contributed by atoms with E-state index in [1.165, 1.54) is 0 Å². The van der Waals surface area contributed by atoms with Crippen LogP contribution in [0.2, 0.25) is 0 Å². The quantitative estimate of drug-likeness (QED) is 0.524. The van der Waals surface area contributed by atoms with Crippen molar-refractivity contribution >= 4 is 5.91 Å². The van der Waals surface area contributed by atoms with Crippen LogP contribution in [0.15, 0.2) is 24.3 Å². The molecule has 1 heterocycles. The molecule has 27 heavy (non-hydrogen) atoms. The van der Waals surface area contributed by atoms with Crippen LogP contribution in [0.5, 0.6) is 0 Å². The van der Waals surface area contributed by atoms with Crippen LogP contribution in [-0.2, 0) is 5.54 Å². The molecular weight excluding hydrogens is 338 g/mol. The van der Waals surface area contributed by atoms with Gasteiger partial charge in [0, 0.05) is 12.1 Å². The summed E-state index contributed by atoms with van der Waals surface area (Å²) in [5.41, 5.74) is 0.421. The van der Waals surface area contributed by atoms with Gasteiger partial charge in [0.1, 0.15) is 5.54 Å². The van der Waals surface area contributed by atoms with Crippen LogP contribution in [0.4, 0.5) is 0 Å². The fourth-order valence-corrected chi connectivity index (χ4v) is 4.46. The number of aliphatic hydroxyl groups excluding tert-OH is 2. The number of nitrogens with zero attached hydrogens (tertiary/aromatic N) is 1. The lowest BCUT2D eigenvalue weighted by atomic mass is 9.75. The number of carbonyl (C=O) groups excluding carboxylic acids is 1. The molecule has 0 saturated heterocycles. The SMILES string of the molecule is CCCCCN1C(=O)c2ccccc2C1(C(O)CCCC)C(O)CCCC. The average Bonchev–Trinajstić information content (AvgIpc) is 2.94. The minimum absolute atomic E-state index is 0.0483. The van der Waals surface area contributed by atoms with Crippen molar-refractivity contribution in [2.45, 2.75) is 96.3 Å². The minimum Gasteiger partial charge on any atom is -0.390 e. The highest BCUT2D eigenvalue weighted by Gasteiger charge is 2.57. The maximum atomic E-state index is 13.3. The zero-order valence-electron chi connectivity index (χ0n) is 17.3. The third-order valence-corrected chi connectivity index (χ3v) is 5.94. The molecule has 1 aromatic carbocycles. The summed E-state index contributed by atoms with van der Waals surface area (Å²) in [4.78, 5) is 15.1. The van der Waals surface area contributed by atoms with Gasteiger partial charge in [0.2, 0.25) is 0 Å². The van der Waals surface area contributed by atoms with Crippen LogP contribution < -0.4 is 0 Å². The van der Waals surface area contributed by atoms with Gasteiger partial charge in [0.05, 0.1) is 12.2 Å². The number of hydrogen-bond donors (Lipinski definition) is 2. The van der Waals surface area contributed by atoms with Gasteiger partial charge < -0.3 is 15.1 Å². The molecule has 2 unspecified atom stereocenters. The number of amides is 1. The van der Waals surface area contributed by atoms with Crippen LogP contribution in [-0.4, -0.2) is 39.8 Å². The molecule has 0 fully saturated rings. The number of carbonyl (C=O) groups is 1. The Hall–Kier alpha value is -1.39. The van der Waals surface area contributed by atoms with E-state index in [1.54, 1.807) is 4.90 Å². The van der Waals surface area contributed by atoms with E-state index < -0.39 is 17.7 Å². The predicted octanol–water partition coefficient (Wildman–Crippen LogP) is 4.63. The molecule has 1 aliphatic heterocycles. The molecule has 2 N–H and O–H groups in total. The Kier molecular flexibility index (Phi) is 8.30. The number of rotatable bonds is 12. The zero-order valence-corrected chi connectivity index (χ0v) is 17.3. The second-order valence-corrected chi connectivity index (χ2v) is 7.85. The van der Waals surface area contributed by atoms with Crippen LogP contribution >= 0.6 is 0 Å². The van der Waals surface area contributed by atoms with E-state index in [-0.39, 0.29) is 5.91 Å². The molecule has 0 bridgehead atoms. The highest BCUT2D eigenvalue weighted by molar-refractivity contribution is 6.00. The Morgan fingerprint density at radius 3 is 2.00 bits per heavy atom. The Balaban J connectivity index is 2.52. The van der Waals surface area contributed by atoms with Crippen molar-refractivity contribution in [2.75, 3.05) is 6.54 Å². The second kappa shape index (κ2) is 10.2. The summed E-state index contributed by atoms with van der Waals surface area (Å²) in [5.74, 6) is -0.0483. The van der Waals surface area contributed by atoms with Gasteiger partial charge in [-0.25, -0.2) is 0 Å². The third-order valence-electron chi connectivity index (χ3n) is 5.94. The zero-order chi connectivity index (χ0) is 19.9. The molecule has 2 rings (SSSR count). The van der Waals surface area contributed by atoms with Gasteiger partial charge in [0.25, 0.3) is 5.91 Å². The average molecular weight is 376 g/mol. The highest BCUT2D eigenvalue weighted by Crippen LogP contribution is 2.47. The summed E-state index contributed by atoms with van der Waals surface area (Å²) in [6, 6.07) is 7.55. The number of aliphatic hydroxyl groups is 2. The Morgan fingerprint density at radius 2 is 1.44 bits per heavy atom. The van der Waals surface area contributed by atoms with E-state index >= 15 is 0 Å². The normalized spacial score (nSPS) is 21.4. The molecule has 0 aliphatic carbocycles. The molecule has 4 heteroatoms.